The van der Waals surface area contributed by atoms with E-state index in [-0.39, 0.29) is 0 Å². The molecule has 0 unspecified atom stereocenters. The molecule has 0 bridgehead atoms. The maximum Gasteiger partial charge on any atom is 0.0649 e. The molecule has 1 aromatic heterocycles. The summed E-state index contributed by atoms with van der Waals surface area (Å²) >= 11 is 0. The van der Waals surface area contributed by atoms with Gasteiger partial charge in [-0.15, -0.1) is 0 Å². The number of allylic oxidation sites excluding steroid dienone is 1. The predicted molar refractivity (Wildman–Crippen MR) is 121 cm³/mol. The molecule has 150 valence electrons. The van der Waals surface area contributed by atoms with Crippen molar-refractivity contribution in [3.63, 3.8) is 0 Å². The lowest BCUT2D eigenvalue weighted by Gasteiger charge is -2.15. The molecule has 2 aromatic carbocycles. The Hall–Kier alpha value is -2.65. The number of hydrogen-bond acceptors (Lipinski definition) is 2. The van der Waals surface area contributed by atoms with Gasteiger partial charge in [-0.3, -0.25) is 0 Å². The lowest BCUT2D eigenvalue weighted by Crippen LogP contribution is -2.25. The minimum atomic E-state index is 0.410. The van der Waals surface area contributed by atoms with Gasteiger partial charge in [0, 0.05) is 29.8 Å². The summed E-state index contributed by atoms with van der Waals surface area (Å²) in [6, 6.07) is 19.8. The van der Waals surface area contributed by atoms with Gasteiger partial charge in [0.1, 0.15) is 0 Å². The minimum Gasteiger partial charge on any atom is -0.306 e. The smallest absolute Gasteiger partial charge is 0.0649 e. The fourth-order valence-corrected chi connectivity index (χ4v) is 4.35. The van der Waals surface area contributed by atoms with Crippen molar-refractivity contribution in [1.82, 2.24) is 15.1 Å². The molecular formula is C26H31N3. The zero-order valence-electron chi connectivity index (χ0n) is 17.9. The van der Waals surface area contributed by atoms with Gasteiger partial charge < -0.3 is 5.32 Å². The van der Waals surface area contributed by atoms with Gasteiger partial charge in [0.05, 0.1) is 11.4 Å². The zero-order chi connectivity index (χ0) is 20.4. The van der Waals surface area contributed by atoms with E-state index < -0.39 is 0 Å². The molecule has 3 heteroatoms. The van der Waals surface area contributed by atoms with Crippen molar-refractivity contribution in [2.24, 2.45) is 0 Å². The summed E-state index contributed by atoms with van der Waals surface area (Å²) in [4.78, 5) is 0. The second-order valence-corrected chi connectivity index (χ2v) is 8.44. The molecule has 1 heterocycles. The molecule has 1 N–H and O–H groups in total. The first kappa shape index (κ1) is 19.7. The Bertz CT molecular complexity index is 981. The van der Waals surface area contributed by atoms with Crippen LogP contribution in [-0.4, -0.2) is 15.8 Å². The maximum atomic E-state index is 4.88. The molecule has 0 radical (unpaired) electrons. The van der Waals surface area contributed by atoms with E-state index in [0.29, 0.717) is 17.9 Å². The normalized spacial score (nSPS) is 18.7. The average Bonchev–Trinajstić information content (AvgIpc) is 3.31. The molecule has 29 heavy (non-hydrogen) atoms. The number of benzene rings is 2. The Labute approximate surface area is 174 Å². The quantitative estimate of drug-likeness (QED) is 0.542. The van der Waals surface area contributed by atoms with Crippen LogP contribution >= 0.6 is 0 Å². The Balaban J connectivity index is 1.48. The van der Waals surface area contributed by atoms with E-state index in [4.69, 9.17) is 5.10 Å². The van der Waals surface area contributed by atoms with E-state index in [1.807, 2.05) is 0 Å². The van der Waals surface area contributed by atoms with Crippen molar-refractivity contribution >= 4 is 0 Å². The van der Waals surface area contributed by atoms with E-state index >= 15 is 0 Å². The van der Waals surface area contributed by atoms with E-state index in [2.05, 4.69) is 104 Å². The lowest BCUT2D eigenvalue weighted by atomic mass is 9.95. The molecule has 4 rings (SSSR count). The van der Waals surface area contributed by atoms with Gasteiger partial charge in [-0.05, 0) is 49.4 Å². The molecule has 2 atom stereocenters. The van der Waals surface area contributed by atoms with Gasteiger partial charge in [-0.1, -0.05) is 68.5 Å². The van der Waals surface area contributed by atoms with Crippen molar-refractivity contribution in [3.05, 3.63) is 94.8 Å². The monoisotopic (exact) mass is 385 g/mol. The Kier molecular flexibility index (Phi) is 5.68. The zero-order valence-corrected chi connectivity index (χ0v) is 17.9. The van der Waals surface area contributed by atoms with Crippen LogP contribution in [0.2, 0.25) is 0 Å². The summed E-state index contributed by atoms with van der Waals surface area (Å²) in [5.74, 6) is 0.968. The van der Waals surface area contributed by atoms with Gasteiger partial charge in [0.15, 0.2) is 0 Å². The SMILES string of the molecule is Cc1nn(-c2ccc(C(C)C)cc2)c(C)c1[C@@H]1C=C[C@@H](NCc2ccccc2)C1. The van der Waals surface area contributed by atoms with Crippen molar-refractivity contribution in [1.29, 1.82) is 0 Å². The first-order chi connectivity index (χ1) is 14.0. The second-order valence-electron chi connectivity index (χ2n) is 8.44. The number of aryl methyl sites for hydroxylation is 1. The first-order valence-corrected chi connectivity index (χ1v) is 10.6. The van der Waals surface area contributed by atoms with E-state index in [9.17, 15) is 0 Å². The van der Waals surface area contributed by atoms with Crippen LogP contribution in [-0.2, 0) is 6.54 Å². The van der Waals surface area contributed by atoms with Crippen LogP contribution in [0.3, 0.4) is 0 Å². The molecule has 3 nitrogen and oxygen atoms in total. The summed E-state index contributed by atoms with van der Waals surface area (Å²) < 4.78 is 2.10. The largest absolute Gasteiger partial charge is 0.306 e. The molecule has 0 fully saturated rings. The molecule has 0 spiro atoms. The number of hydrogen-bond donors (Lipinski definition) is 1. The highest BCUT2D eigenvalue weighted by molar-refractivity contribution is 5.42. The van der Waals surface area contributed by atoms with Gasteiger partial charge in [-0.25, -0.2) is 4.68 Å². The molecule has 1 aliphatic carbocycles. The Morgan fingerprint density at radius 2 is 1.72 bits per heavy atom. The number of aromatic nitrogens is 2. The topological polar surface area (TPSA) is 29.9 Å². The predicted octanol–water partition coefficient (Wildman–Crippen LogP) is 5.81. The molecule has 1 aliphatic rings. The molecular weight excluding hydrogens is 354 g/mol. The third kappa shape index (κ3) is 4.20. The van der Waals surface area contributed by atoms with Crippen molar-refractivity contribution < 1.29 is 0 Å². The van der Waals surface area contributed by atoms with E-state index in [0.717, 1.165) is 24.3 Å². The van der Waals surface area contributed by atoms with Gasteiger partial charge >= 0.3 is 0 Å². The summed E-state index contributed by atoms with van der Waals surface area (Å²) in [7, 11) is 0. The minimum absolute atomic E-state index is 0.410. The number of nitrogens with one attached hydrogen (secondary N) is 1. The summed E-state index contributed by atoms with van der Waals surface area (Å²) in [6.07, 6.45) is 5.76. The van der Waals surface area contributed by atoms with Crippen molar-refractivity contribution in [3.8, 4) is 5.69 Å². The second kappa shape index (κ2) is 8.38. The van der Waals surface area contributed by atoms with Crippen LogP contribution in [0.15, 0.2) is 66.7 Å². The van der Waals surface area contributed by atoms with Crippen LogP contribution < -0.4 is 5.32 Å². The molecule has 3 aromatic rings. The Morgan fingerprint density at radius 1 is 1.00 bits per heavy atom. The lowest BCUT2D eigenvalue weighted by molar-refractivity contribution is 0.559. The summed E-state index contributed by atoms with van der Waals surface area (Å²) in [6.45, 7) is 9.70. The molecule has 0 amide bonds. The highest BCUT2D eigenvalue weighted by atomic mass is 15.3. The van der Waals surface area contributed by atoms with Crippen LogP contribution in [0.1, 0.15) is 60.2 Å². The average molecular weight is 386 g/mol. The van der Waals surface area contributed by atoms with Gasteiger partial charge in [-0.2, -0.15) is 5.10 Å². The molecule has 0 aliphatic heterocycles. The third-order valence-corrected chi connectivity index (χ3v) is 6.02. The Morgan fingerprint density at radius 3 is 2.41 bits per heavy atom. The fourth-order valence-electron chi connectivity index (χ4n) is 4.35. The van der Waals surface area contributed by atoms with Crippen molar-refractivity contribution in [2.75, 3.05) is 0 Å². The third-order valence-electron chi connectivity index (χ3n) is 6.02. The number of rotatable bonds is 6. The first-order valence-electron chi connectivity index (χ1n) is 10.6. The summed E-state index contributed by atoms with van der Waals surface area (Å²) in [5.41, 5.74) is 7.59. The van der Waals surface area contributed by atoms with Gasteiger partial charge in [0.2, 0.25) is 0 Å². The fraction of sp³-hybridized carbons (Fsp3) is 0.346. The standard InChI is InChI=1S/C26H31N3/c1-18(2)22-11-14-25(15-12-22)29-20(4)26(19(3)28-29)23-10-13-24(16-23)27-17-21-8-6-5-7-9-21/h5-15,18,23-24,27H,16-17H2,1-4H3/t23-,24-/m1/s1. The van der Waals surface area contributed by atoms with E-state index in [1.54, 1.807) is 0 Å². The van der Waals surface area contributed by atoms with Crippen LogP contribution in [0, 0.1) is 13.8 Å². The van der Waals surface area contributed by atoms with Crippen LogP contribution in [0.4, 0.5) is 0 Å². The van der Waals surface area contributed by atoms with Crippen LogP contribution in [0.5, 0.6) is 0 Å². The van der Waals surface area contributed by atoms with Crippen molar-refractivity contribution in [2.45, 2.75) is 58.5 Å². The van der Waals surface area contributed by atoms with Crippen LogP contribution in [0.25, 0.3) is 5.69 Å². The maximum absolute atomic E-state index is 4.88. The van der Waals surface area contributed by atoms with Gasteiger partial charge in [0.25, 0.3) is 0 Å². The molecule has 0 saturated heterocycles. The highest BCUT2D eigenvalue weighted by Crippen LogP contribution is 2.34. The molecule has 0 saturated carbocycles. The number of nitrogens with zero attached hydrogens (tertiary/aromatic N) is 2. The van der Waals surface area contributed by atoms with E-state index in [1.165, 1.54) is 22.4 Å². The summed E-state index contributed by atoms with van der Waals surface area (Å²) in [5, 5.41) is 8.56. The highest BCUT2D eigenvalue weighted by Gasteiger charge is 2.26.